The molecular weight excluding hydrogens is 206 g/mol. The summed E-state index contributed by atoms with van der Waals surface area (Å²) < 4.78 is 0. The van der Waals surface area contributed by atoms with Crippen LogP contribution in [0.15, 0.2) is 18.6 Å². The lowest BCUT2D eigenvalue weighted by atomic mass is 10.3. The molecule has 1 saturated heterocycles. The van der Waals surface area contributed by atoms with Gasteiger partial charge in [-0.15, -0.1) is 0 Å². The van der Waals surface area contributed by atoms with Gasteiger partial charge in [0.05, 0.1) is 12.1 Å². The Kier molecular flexibility index (Phi) is 1.82. The van der Waals surface area contributed by atoms with Gasteiger partial charge in [-0.1, -0.05) is 0 Å². The molecule has 0 unspecified atom stereocenters. The maximum absolute atomic E-state index is 11.5. The first-order valence-electron chi connectivity index (χ1n) is 5.03. The number of carbonyl (C=O) groups is 1. The van der Waals surface area contributed by atoms with Crippen LogP contribution in [0.2, 0.25) is 0 Å². The van der Waals surface area contributed by atoms with Crippen LogP contribution < -0.4 is 4.90 Å². The first-order chi connectivity index (χ1) is 7.75. The predicted octanol–water partition coefficient (Wildman–Crippen LogP) is 0.194. The van der Waals surface area contributed by atoms with Gasteiger partial charge in [0.15, 0.2) is 0 Å². The van der Waals surface area contributed by atoms with Crippen LogP contribution in [0.4, 0.5) is 5.82 Å². The normalized spacial score (nSPS) is 16.4. The molecule has 6 heteroatoms. The molecule has 6 nitrogen and oxygen atoms in total. The summed E-state index contributed by atoms with van der Waals surface area (Å²) >= 11 is 0. The van der Waals surface area contributed by atoms with Gasteiger partial charge >= 0.3 is 0 Å². The lowest BCUT2D eigenvalue weighted by Gasteiger charge is -2.16. The second-order valence-corrected chi connectivity index (χ2v) is 3.87. The Hall–Kier alpha value is -2.11. The van der Waals surface area contributed by atoms with Crippen molar-refractivity contribution in [3.05, 3.63) is 18.6 Å². The number of hydrogen-bond acceptors (Lipinski definition) is 4. The summed E-state index contributed by atoms with van der Waals surface area (Å²) in [6.07, 6.45) is 3.33. The van der Waals surface area contributed by atoms with Crippen molar-refractivity contribution in [2.45, 2.75) is 0 Å². The molecule has 1 aliphatic heterocycles. The molecule has 0 spiro atoms. The molecule has 1 aliphatic rings. The van der Waals surface area contributed by atoms with Gasteiger partial charge in [-0.2, -0.15) is 0 Å². The van der Waals surface area contributed by atoms with Gasteiger partial charge in [0.2, 0.25) is 5.91 Å². The maximum atomic E-state index is 11.5. The fourth-order valence-corrected chi connectivity index (χ4v) is 1.92. The Morgan fingerprint density at radius 3 is 3.06 bits per heavy atom. The van der Waals surface area contributed by atoms with Crippen molar-refractivity contribution in [2.75, 3.05) is 25.2 Å². The third-order valence-corrected chi connectivity index (χ3v) is 2.77. The molecule has 16 heavy (non-hydrogen) atoms. The highest BCUT2D eigenvalue weighted by molar-refractivity contribution is 5.91. The third kappa shape index (κ3) is 1.23. The molecule has 0 atom stereocenters. The van der Waals surface area contributed by atoms with Crippen molar-refractivity contribution < 1.29 is 4.79 Å². The molecule has 1 fully saturated rings. The fraction of sp³-hybridized carbons (Fsp3) is 0.300. The summed E-state index contributed by atoms with van der Waals surface area (Å²) in [4.78, 5) is 26.5. The molecule has 0 aliphatic carbocycles. The summed E-state index contributed by atoms with van der Waals surface area (Å²) in [7, 11) is 1.79. The largest absolute Gasteiger partial charge is 0.346 e. The molecule has 3 rings (SSSR count). The number of aromatic nitrogens is 3. The topological polar surface area (TPSA) is 65.1 Å². The number of likely N-dealkylation sites (N-methyl/N-ethyl adjacent to an activating group) is 1. The lowest BCUT2D eigenvalue weighted by molar-refractivity contribution is -0.125. The van der Waals surface area contributed by atoms with Crippen molar-refractivity contribution in [3.63, 3.8) is 0 Å². The molecule has 82 valence electrons. The van der Waals surface area contributed by atoms with Crippen molar-refractivity contribution in [2.24, 2.45) is 0 Å². The zero-order chi connectivity index (χ0) is 11.1. The van der Waals surface area contributed by atoms with E-state index in [0.29, 0.717) is 13.2 Å². The van der Waals surface area contributed by atoms with Gasteiger partial charge in [0.1, 0.15) is 24.3 Å². The first kappa shape index (κ1) is 9.14. The SMILES string of the molecule is CN1CN(c2ncnc3[nH]ccc23)CC1=O. The molecule has 0 aromatic carbocycles. The number of H-pyrrole nitrogens is 1. The van der Waals surface area contributed by atoms with E-state index < -0.39 is 0 Å². The van der Waals surface area contributed by atoms with Gasteiger partial charge in [-0.3, -0.25) is 4.79 Å². The molecule has 1 amide bonds. The molecule has 0 radical (unpaired) electrons. The van der Waals surface area contributed by atoms with E-state index in [2.05, 4.69) is 15.0 Å². The van der Waals surface area contributed by atoms with E-state index in [1.54, 1.807) is 11.9 Å². The predicted molar refractivity (Wildman–Crippen MR) is 58.9 cm³/mol. The highest BCUT2D eigenvalue weighted by Gasteiger charge is 2.26. The number of nitrogens with zero attached hydrogens (tertiary/aromatic N) is 4. The minimum absolute atomic E-state index is 0.113. The summed E-state index contributed by atoms with van der Waals surface area (Å²) in [6.45, 7) is 0.962. The Morgan fingerprint density at radius 1 is 1.44 bits per heavy atom. The molecule has 1 N–H and O–H groups in total. The van der Waals surface area contributed by atoms with Crippen LogP contribution in [0.3, 0.4) is 0 Å². The van der Waals surface area contributed by atoms with Crippen LogP contribution in [0.25, 0.3) is 11.0 Å². The highest BCUT2D eigenvalue weighted by Crippen LogP contribution is 2.23. The average molecular weight is 217 g/mol. The standard InChI is InChI=1S/C10H11N5O/c1-14-6-15(4-8(14)16)10-7-2-3-11-9(7)12-5-13-10/h2-3,5H,4,6H2,1H3,(H,11,12,13). The van der Waals surface area contributed by atoms with Crippen molar-refractivity contribution in [1.29, 1.82) is 0 Å². The van der Waals surface area contributed by atoms with Crippen molar-refractivity contribution in [1.82, 2.24) is 19.9 Å². The number of aromatic amines is 1. The van der Waals surface area contributed by atoms with Crippen LogP contribution in [0.1, 0.15) is 0 Å². The van der Waals surface area contributed by atoms with Crippen LogP contribution in [-0.2, 0) is 4.79 Å². The van der Waals surface area contributed by atoms with Gasteiger partial charge < -0.3 is 14.8 Å². The second kappa shape index (κ2) is 3.19. The van der Waals surface area contributed by atoms with Gasteiger partial charge in [0.25, 0.3) is 0 Å². The summed E-state index contributed by atoms with van der Waals surface area (Å²) in [5.41, 5.74) is 0.798. The average Bonchev–Trinajstić information content (AvgIpc) is 2.85. The lowest BCUT2D eigenvalue weighted by Crippen LogP contribution is -2.23. The fourth-order valence-electron chi connectivity index (χ4n) is 1.92. The number of anilines is 1. The van der Waals surface area contributed by atoms with Gasteiger partial charge in [-0.25, -0.2) is 9.97 Å². The minimum atomic E-state index is 0.113. The van der Waals surface area contributed by atoms with Crippen LogP contribution in [-0.4, -0.2) is 46.0 Å². The second-order valence-electron chi connectivity index (χ2n) is 3.87. The minimum Gasteiger partial charge on any atom is -0.346 e. The highest BCUT2D eigenvalue weighted by atomic mass is 16.2. The number of hydrogen-bond donors (Lipinski definition) is 1. The van der Waals surface area contributed by atoms with E-state index in [9.17, 15) is 4.79 Å². The van der Waals surface area contributed by atoms with E-state index in [-0.39, 0.29) is 5.91 Å². The van der Waals surface area contributed by atoms with Crippen molar-refractivity contribution in [3.8, 4) is 0 Å². The van der Waals surface area contributed by atoms with Gasteiger partial charge in [-0.05, 0) is 6.07 Å². The van der Waals surface area contributed by atoms with E-state index >= 15 is 0 Å². The van der Waals surface area contributed by atoms with E-state index in [1.807, 2.05) is 17.2 Å². The van der Waals surface area contributed by atoms with Crippen molar-refractivity contribution >= 4 is 22.8 Å². The number of nitrogens with one attached hydrogen (secondary N) is 1. The molecular formula is C10H11N5O. The van der Waals surface area contributed by atoms with Gasteiger partial charge in [0, 0.05) is 13.2 Å². The first-order valence-corrected chi connectivity index (χ1v) is 5.03. The number of amides is 1. The van der Waals surface area contributed by atoms with E-state index in [1.165, 1.54) is 6.33 Å². The van der Waals surface area contributed by atoms with E-state index in [4.69, 9.17) is 0 Å². The summed E-state index contributed by atoms with van der Waals surface area (Å²) in [6, 6.07) is 1.92. The number of carbonyl (C=O) groups excluding carboxylic acids is 1. The molecule has 2 aromatic rings. The maximum Gasteiger partial charge on any atom is 0.243 e. The molecule has 0 saturated carbocycles. The molecule has 2 aromatic heterocycles. The Labute approximate surface area is 91.9 Å². The van der Waals surface area contributed by atoms with Crippen LogP contribution in [0, 0.1) is 0 Å². The zero-order valence-electron chi connectivity index (χ0n) is 8.84. The molecule has 0 bridgehead atoms. The monoisotopic (exact) mass is 217 g/mol. The Morgan fingerprint density at radius 2 is 2.31 bits per heavy atom. The number of rotatable bonds is 1. The summed E-state index contributed by atoms with van der Waals surface area (Å²) in [5, 5.41) is 0.950. The Balaban J connectivity index is 2.06. The smallest absolute Gasteiger partial charge is 0.243 e. The summed E-state index contributed by atoms with van der Waals surface area (Å²) in [5.74, 6) is 0.922. The van der Waals surface area contributed by atoms with E-state index in [0.717, 1.165) is 16.9 Å². The zero-order valence-corrected chi connectivity index (χ0v) is 8.84. The number of fused-ring (bicyclic) bond motifs is 1. The van der Waals surface area contributed by atoms with Crippen LogP contribution >= 0.6 is 0 Å². The van der Waals surface area contributed by atoms with Crippen LogP contribution in [0.5, 0.6) is 0 Å². The quantitative estimate of drug-likeness (QED) is 0.740. The third-order valence-electron chi connectivity index (χ3n) is 2.77. The molecule has 3 heterocycles. The Bertz CT molecular complexity index is 549.